The molecule has 0 heterocycles. The summed E-state index contributed by atoms with van der Waals surface area (Å²) in [5.41, 5.74) is 0. The van der Waals surface area contributed by atoms with Gasteiger partial charge in [0, 0.05) is 6.42 Å². The van der Waals surface area contributed by atoms with Crippen molar-refractivity contribution in [3.63, 3.8) is 0 Å². The zero-order valence-corrected chi connectivity index (χ0v) is 41.7. The second-order valence-corrected chi connectivity index (χ2v) is 19.4. The largest absolute Gasteiger partial charge is 0.394 e. The van der Waals surface area contributed by atoms with E-state index in [4.69, 9.17) is 0 Å². The molecule has 0 aromatic carbocycles. The maximum absolute atomic E-state index is 12.5. The molecule has 0 saturated carbocycles. The summed E-state index contributed by atoms with van der Waals surface area (Å²) in [6.07, 6.45) is 70.5. The molecule has 4 nitrogen and oxygen atoms in total. The quantitative estimate of drug-likeness (QED) is 0.0422. The number of rotatable bonds is 52. The number of carbonyl (C=O) groups excluding carboxylic acids is 1. The Morgan fingerprint density at radius 1 is 0.377 bits per heavy atom. The molecule has 362 valence electrons. The Morgan fingerprint density at radius 2 is 0.623 bits per heavy atom. The Balaban J connectivity index is 3.48. The van der Waals surface area contributed by atoms with Gasteiger partial charge in [0.1, 0.15) is 0 Å². The summed E-state index contributed by atoms with van der Waals surface area (Å²) in [6, 6.07) is -0.623. The van der Waals surface area contributed by atoms with E-state index < -0.39 is 12.1 Å². The molecule has 0 aliphatic carbocycles. The van der Waals surface area contributed by atoms with Crippen LogP contribution in [0.5, 0.6) is 0 Å². The van der Waals surface area contributed by atoms with Gasteiger partial charge in [0.05, 0.1) is 18.8 Å². The Morgan fingerprint density at radius 3 is 0.902 bits per heavy atom. The van der Waals surface area contributed by atoms with Crippen LogP contribution < -0.4 is 5.32 Å². The van der Waals surface area contributed by atoms with Crippen molar-refractivity contribution in [2.75, 3.05) is 6.61 Å². The van der Waals surface area contributed by atoms with Crippen molar-refractivity contribution in [3.8, 4) is 0 Å². The summed E-state index contributed by atoms with van der Waals surface area (Å²) < 4.78 is 0. The van der Waals surface area contributed by atoms with Crippen LogP contribution in [0.3, 0.4) is 0 Å². The van der Waals surface area contributed by atoms with Gasteiger partial charge in [-0.05, 0) is 44.9 Å². The number of aliphatic hydroxyl groups is 2. The molecule has 3 N–H and O–H groups in total. The fourth-order valence-electron chi connectivity index (χ4n) is 8.88. The van der Waals surface area contributed by atoms with Gasteiger partial charge in [0.2, 0.25) is 5.91 Å². The molecule has 0 fully saturated rings. The van der Waals surface area contributed by atoms with E-state index in [0.717, 1.165) is 25.7 Å². The SMILES string of the molecule is CCCCCCCCCCCCCC/C=C\CCCCCCCCCCC(=O)NC(CO)C(O)/C=C/CCCCCCCCCCCCCCCCCCCCCCCCC. The first kappa shape index (κ1) is 59.9. The minimum atomic E-state index is -0.840. The fraction of sp³-hybridized carbons (Fsp3) is 0.912. The lowest BCUT2D eigenvalue weighted by Gasteiger charge is -2.20. The minimum Gasteiger partial charge on any atom is -0.394 e. The lowest BCUT2D eigenvalue weighted by Crippen LogP contribution is -2.45. The number of unbranched alkanes of at least 4 members (excludes halogenated alkanes) is 43. The second-order valence-electron chi connectivity index (χ2n) is 19.4. The van der Waals surface area contributed by atoms with Crippen LogP contribution in [0.4, 0.5) is 0 Å². The maximum Gasteiger partial charge on any atom is 0.220 e. The van der Waals surface area contributed by atoms with Gasteiger partial charge < -0.3 is 15.5 Å². The van der Waals surface area contributed by atoms with E-state index in [1.807, 2.05) is 6.08 Å². The van der Waals surface area contributed by atoms with Crippen molar-refractivity contribution in [2.45, 2.75) is 328 Å². The number of hydrogen-bond acceptors (Lipinski definition) is 3. The van der Waals surface area contributed by atoms with E-state index in [1.165, 1.54) is 270 Å². The Kier molecular flexibility index (Phi) is 52.2. The van der Waals surface area contributed by atoms with Crippen LogP contribution in [0.15, 0.2) is 24.3 Å². The highest BCUT2D eigenvalue weighted by molar-refractivity contribution is 5.76. The molecular formula is C57H111NO3. The van der Waals surface area contributed by atoms with Crippen LogP contribution in [0.25, 0.3) is 0 Å². The Hall–Kier alpha value is -1.13. The second kappa shape index (κ2) is 53.2. The van der Waals surface area contributed by atoms with E-state index in [-0.39, 0.29) is 12.5 Å². The molecule has 0 aromatic rings. The Bertz CT molecular complexity index is 886. The number of carbonyl (C=O) groups is 1. The first-order chi connectivity index (χ1) is 30.2. The number of aliphatic hydroxyl groups excluding tert-OH is 2. The molecule has 0 bridgehead atoms. The lowest BCUT2D eigenvalue weighted by atomic mass is 10.0. The highest BCUT2D eigenvalue weighted by Crippen LogP contribution is 2.17. The van der Waals surface area contributed by atoms with Crippen LogP contribution in [0.2, 0.25) is 0 Å². The maximum atomic E-state index is 12.5. The van der Waals surface area contributed by atoms with Gasteiger partial charge in [-0.1, -0.05) is 289 Å². The first-order valence-electron chi connectivity index (χ1n) is 28.1. The molecule has 0 saturated heterocycles. The molecule has 0 aliphatic heterocycles. The van der Waals surface area contributed by atoms with Crippen molar-refractivity contribution >= 4 is 5.91 Å². The van der Waals surface area contributed by atoms with Crippen molar-refractivity contribution in [1.29, 1.82) is 0 Å². The Labute approximate surface area is 383 Å². The molecule has 0 rings (SSSR count). The summed E-state index contributed by atoms with van der Waals surface area (Å²) >= 11 is 0. The summed E-state index contributed by atoms with van der Waals surface area (Å²) in [5.74, 6) is -0.0619. The minimum absolute atomic E-state index is 0.0619. The number of allylic oxidation sites excluding steroid dienone is 3. The third-order valence-corrected chi connectivity index (χ3v) is 13.2. The normalized spacial score (nSPS) is 12.9. The standard InChI is InChI=1S/C57H111NO3/c1-3-5-7-9-11-13-15-17-19-21-23-25-27-29-30-32-34-36-38-40-42-44-46-48-50-52-56(60)55(54-59)58-57(61)53-51-49-47-45-43-41-39-37-35-33-31-28-26-24-22-20-18-16-14-12-10-8-6-4-2/h31,33,50,52,55-56,59-60H,3-30,32,34-49,51,53-54H2,1-2H3,(H,58,61)/b33-31-,52-50+. The summed E-state index contributed by atoms with van der Waals surface area (Å²) in [7, 11) is 0. The van der Waals surface area contributed by atoms with Gasteiger partial charge in [0.25, 0.3) is 0 Å². The van der Waals surface area contributed by atoms with Crippen molar-refractivity contribution in [1.82, 2.24) is 5.32 Å². The van der Waals surface area contributed by atoms with E-state index in [1.54, 1.807) is 6.08 Å². The van der Waals surface area contributed by atoms with E-state index in [2.05, 4.69) is 31.3 Å². The lowest BCUT2D eigenvalue weighted by molar-refractivity contribution is -0.123. The van der Waals surface area contributed by atoms with Crippen LogP contribution >= 0.6 is 0 Å². The highest BCUT2D eigenvalue weighted by atomic mass is 16.3. The van der Waals surface area contributed by atoms with Gasteiger partial charge in [-0.15, -0.1) is 0 Å². The molecule has 0 aromatic heterocycles. The molecule has 2 atom stereocenters. The number of hydrogen-bond donors (Lipinski definition) is 3. The molecule has 1 amide bonds. The fourth-order valence-corrected chi connectivity index (χ4v) is 8.88. The van der Waals surface area contributed by atoms with E-state index >= 15 is 0 Å². The van der Waals surface area contributed by atoms with E-state index in [9.17, 15) is 15.0 Å². The van der Waals surface area contributed by atoms with Gasteiger partial charge in [-0.3, -0.25) is 4.79 Å². The smallest absolute Gasteiger partial charge is 0.220 e. The monoisotopic (exact) mass is 858 g/mol. The van der Waals surface area contributed by atoms with Crippen LogP contribution in [-0.4, -0.2) is 34.9 Å². The predicted octanol–water partition coefficient (Wildman–Crippen LogP) is 18.3. The summed E-state index contributed by atoms with van der Waals surface area (Å²) in [5, 5.41) is 23.2. The average molecular weight is 859 g/mol. The van der Waals surface area contributed by atoms with Crippen molar-refractivity contribution < 1.29 is 15.0 Å². The van der Waals surface area contributed by atoms with E-state index in [0.29, 0.717) is 6.42 Å². The van der Waals surface area contributed by atoms with Crippen molar-refractivity contribution in [3.05, 3.63) is 24.3 Å². The number of amides is 1. The van der Waals surface area contributed by atoms with Crippen LogP contribution in [0.1, 0.15) is 316 Å². The zero-order valence-electron chi connectivity index (χ0n) is 41.7. The third kappa shape index (κ3) is 49.7. The van der Waals surface area contributed by atoms with Crippen LogP contribution in [-0.2, 0) is 4.79 Å². The van der Waals surface area contributed by atoms with Gasteiger partial charge in [-0.2, -0.15) is 0 Å². The topological polar surface area (TPSA) is 69.6 Å². The van der Waals surface area contributed by atoms with Gasteiger partial charge >= 0.3 is 0 Å². The summed E-state index contributed by atoms with van der Waals surface area (Å²) in [6.45, 7) is 4.35. The van der Waals surface area contributed by atoms with Gasteiger partial charge in [-0.25, -0.2) is 0 Å². The predicted molar refractivity (Wildman–Crippen MR) is 272 cm³/mol. The summed E-state index contributed by atoms with van der Waals surface area (Å²) in [4.78, 5) is 12.5. The molecule has 61 heavy (non-hydrogen) atoms. The number of nitrogens with one attached hydrogen (secondary N) is 1. The molecule has 0 aliphatic rings. The van der Waals surface area contributed by atoms with Crippen LogP contribution in [0, 0.1) is 0 Å². The molecule has 4 heteroatoms. The van der Waals surface area contributed by atoms with Crippen molar-refractivity contribution in [2.24, 2.45) is 0 Å². The third-order valence-electron chi connectivity index (χ3n) is 13.2. The molecule has 0 spiro atoms. The molecule has 2 unspecified atom stereocenters. The first-order valence-corrected chi connectivity index (χ1v) is 28.1. The average Bonchev–Trinajstić information content (AvgIpc) is 3.26. The highest BCUT2D eigenvalue weighted by Gasteiger charge is 2.18. The molecule has 0 radical (unpaired) electrons. The molecular weight excluding hydrogens is 747 g/mol. The van der Waals surface area contributed by atoms with Gasteiger partial charge in [0.15, 0.2) is 0 Å². The zero-order chi connectivity index (χ0) is 44.2.